The molecule has 100 valence electrons. The van der Waals surface area contributed by atoms with Crippen molar-refractivity contribution in [2.45, 2.75) is 13.5 Å². The van der Waals surface area contributed by atoms with Gasteiger partial charge in [-0.15, -0.1) is 0 Å². The normalized spacial score (nSPS) is 10.4. The Kier molecular flexibility index (Phi) is 3.79. The van der Waals surface area contributed by atoms with Gasteiger partial charge in [-0.05, 0) is 24.6 Å². The number of hydrogen-bond donors (Lipinski definition) is 1. The van der Waals surface area contributed by atoms with Gasteiger partial charge in [0.05, 0.1) is 0 Å². The maximum absolute atomic E-state index is 3.50. The van der Waals surface area contributed by atoms with Crippen molar-refractivity contribution in [3.63, 3.8) is 0 Å². The van der Waals surface area contributed by atoms with Crippen molar-refractivity contribution in [1.82, 2.24) is 0 Å². The van der Waals surface area contributed by atoms with E-state index in [1.807, 2.05) is 18.2 Å². The van der Waals surface area contributed by atoms with Crippen molar-refractivity contribution in [1.29, 1.82) is 0 Å². The van der Waals surface area contributed by atoms with Crippen molar-refractivity contribution in [2.24, 2.45) is 0 Å². The first-order chi connectivity index (χ1) is 9.83. The van der Waals surface area contributed by atoms with E-state index in [0.29, 0.717) is 0 Å². The first-order valence-electron chi connectivity index (χ1n) is 6.67. The summed E-state index contributed by atoms with van der Waals surface area (Å²) >= 11 is 1.74. The van der Waals surface area contributed by atoms with Crippen LogP contribution in [0.15, 0.2) is 66.0 Å². The standard InChI is InChI=1S/C17H16N2S/c1-14-13-20-17(18-16-10-6-3-7-11-16)19(14)12-15-8-4-2-5-9-15/h2-11,13H,12H2,1H3/p+1. The molecule has 0 saturated heterocycles. The Morgan fingerprint density at radius 2 is 1.60 bits per heavy atom. The van der Waals surface area contributed by atoms with Crippen LogP contribution in [0.2, 0.25) is 0 Å². The number of nitrogens with one attached hydrogen (secondary N) is 1. The Labute approximate surface area is 123 Å². The van der Waals surface area contributed by atoms with Gasteiger partial charge in [0.25, 0.3) is 0 Å². The van der Waals surface area contributed by atoms with Crippen LogP contribution in [-0.4, -0.2) is 0 Å². The van der Waals surface area contributed by atoms with Gasteiger partial charge < -0.3 is 0 Å². The number of thiazole rings is 1. The number of aryl methyl sites for hydroxylation is 1. The SMILES string of the molecule is Cc1csc(Nc2ccccc2)[n+]1Cc1ccccc1. The van der Waals surface area contributed by atoms with Crippen LogP contribution >= 0.6 is 11.3 Å². The molecule has 0 unspecified atom stereocenters. The zero-order valence-electron chi connectivity index (χ0n) is 11.4. The van der Waals surface area contributed by atoms with E-state index in [1.54, 1.807) is 11.3 Å². The van der Waals surface area contributed by atoms with Gasteiger partial charge in [-0.2, -0.15) is 0 Å². The summed E-state index contributed by atoms with van der Waals surface area (Å²) in [5.41, 5.74) is 3.71. The second kappa shape index (κ2) is 5.88. The van der Waals surface area contributed by atoms with Gasteiger partial charge in [-0.25, -0.2) is 9.88 Å². The lowest BCUT2D eigenvalue weighted by Crippen LogP contribution is -2.37. The number of hydrogen-bond acceptors (Lipinski definition) is 2. The molecule has 0 fully saturated rings. The molecule has 0 radical (unpaired) electrons. The summed E-state index contributed by atoms with van der Waals surface area (Å²) in [4.78, 5) is 0. The summed E-state index contributed by atoms with van der Waals surface area (Å²) in [6.45, 7) is 3.04. The molecule has 20 heavy (non-hydrogen) atoms. The molecule has 2 aromatic carbocycles. The fraction of sp³-hybridized carbons (Fsp3) is 0.118. The van der Waals surface area contributed by atoms with E-state index in [9.17, 15) is 0 Å². The molecule has 3 rings (SSSR count). The number of anilines is 2. The van der Waals surface area contributed by atoms with Gasteiger partial charge in [-0.3, -0.25) is 0 Å². The minimum atomic E-state index is 0.894. The van der Waals surface area contributed by atoms with Crippen LogP contribution in [0.1, 0.15) is 11.3 Å². The Bertz CT molecular complexity index is 675. The van der Waals surface area contributed by atoms with Crippen LogP contribution in [-0.2, 0) is 6.54 Å². The van der Waals surface area contributed by atoms with Gasteiger partial charge in [0, 0.05) is 5.38 Å². The maximum Gasteiger partial charge on any atom is 0.339 e. The molecule has 1 heterocycles. The van der Waals surface area contributed by atoms with E-state index in [1.165, 1.54) is 11.3 Å². The number of para-hydroxylation sites is 1. The molecule has 1 N–H and O–H groups in total. The van der Waals surface area contributed by atoms with Crippen LogP contribution < -0.4 is 9.88 Å². The Morgan fingerprint density at radius 1 is 0.950 bits per heavy atom. The van der Waals surface area contributed by atoms with Crippen molar-refractivity contribution >= 4 is 22.2 Å². The van der Waals surface area contributed by atoms with Crippen LogP contribution in [0.25, 0.3) is 0 Å². The van der Waals surface area contributed by atoms with Crippen LogP contribution in [0.4, 0.5) is 10.8 Å². The zero-order chi connectivity index (χ0) is 13.8. The second-order valence-corrected chi connectivity index (χ2v) is 5.60. The van der Waals surface area contributed by atoms with E-state index in [-0.39, 0.29) is 0 Å². The third kappa shape index (κ3) is 2.89. The molecule has 0 aliphatic heterocycles. The average molecular weight is 281 g/mol. The van der Waals surface area contributed by atoms with Gasteiger partial charge in [0.15, 0.2) is 0 Å². The highest BCUT2D eigenvalue weighted by molar-refractivity contribution is 7.13. The maximum atomic E-state index is 3.50. The van der Waals surface area contributed by atoms with Crippen molar-refractivity contribution < 1.29 is 4.57 Å². The van der Waals surface area contributed by atoms with Crippen LogP contribution in [0.5, 0.6) is 0 Å². The van der Waals surface area contributed by atoms with Gasteiger partial charge >= 0.3 is 5.13 Å². The molecule has 0 amide bonds. The van der Waals surface area contributed by atoms with E-state index < -0.39 is 0 Å². The summed E-state index contributed by atoms with van der Waals surface area (Å²) in [7, 11) is 0. The number of rotatable bonds is 4. The largest absolute Gasteiger partial charge is 0.339 e. The molecule has 0 aliphatic rings. The lowest BCUT2D eigenvalue weighted by molar-refractivity contribution is -0.676. The average Bonchev–Trinajstić information content (AvgIpc) is 2.83. The molecule has 0 aliphatic carbocycles. The lowest BCUT2D eigenvalue weighted by Gasteiger charge is -2.04. The Morgan fingerprint density at radius 3 is 2.30 bits per heavy atom. The second-order valence-electron chi connectivity index (χ2n) is 4.75. The first-order valence-corrected chi connectivity index (χ1v) is 7.55. The summed E-state index contributed by atoms with van der Waals surface area (Å²) < 4.78 is 2.31. The minimum absolute atomic E-state index is 0.894. The van der Waals surface area contributed by atoms with Crippen LogP contribution in [0, 0.1) is 6.92 Å². The monoisotopic (exact) mass is 281 g/mol. The molecular formula is C17H17N2S+. The van der Waals surface area contributed by atoms with Crippen LogP contribution in [0.3, 0.4) is 0 Å². The topological polar surface area (TPSA) is 15.9 Å². The van der Waals surface area contributed by atoms with E-state index in [4.69, 9.17) is 0 Å². The quantitative estimate of drug-likeness (QED) is 0.711. The molecular weight excluding hydrogens is 264 g/mol. The fourth-order valence-corrected chi connectivity index (χ4v) is 3.05. The predicted octanol–water partition coefficient (Wildman–Crippen LogP) is 4.14. The first kappa shape index (κ1) is 12.9. The summed E-state index contributed by atoms with van der Waals surface area (Å²) in [6.07, 6.45) is 0. The summed E-state index contributed by atoms with van der Waals surface area (Å²) in [6, 6.07) is 20.8. The van der Waals surface area contributed by atoms with Crippen molar-refractivity contribution in [3.8, 4) is 0 Å². The molecule has 0 spiro atoms. The minimum Gasteiger partial charge on any atom is -0.231 e. The molecule has 0 saturated carbocycles. The lowest BCUT2D eigenvalue weighted by atomic mass is 10.2. The fourth-order valence-electron chi connectivity index (χ4n) is 2.13. The number of nitrogens with zero attached hydrogens (tertiary/aromatic N) is 1. The molecule has 3 aromatic rings. The van der Waals surface area contributed by atoms with E-state index in [2.05, 4.69) is 64.7 Å². The summed E-state index contributed by atoms with van der Waals surface area (Å²) in [5.74, 6) is 0. The third-order valence-corrected chi connectivity index (χ3v) is 4.23. The highest BCUT2D eigenvalue weighted by Crippen LogP contribution is 2.19. The predicted molar refractivity (Wildman–Crippen MR) is 84.5 cm³/mol. The Hall–Kier alpha value is -2.13. The molecule has 1 aromatic heterocycles. The molecule has 0 bridgehead atoms. The van der Waals surface area contributed by atoms with Gasteiger partial charge in [-0.1, -0.05) is 59.9 Å². The number of benzene rings is 2. The highest BCUT2D eigenvalue weighted by atomic mass is 32.1. The molecule has 3 heteroatoms. The number of aromatic nitrogens is 1. The highest BCUT2D eigenvalue weighted by Gasteiger charge is 2.15. The molecule has 0 atom stereocenters. The van der Waals surface area contributed by atoms with Gasteiger partial charge in [0.1, 0.15) is 17.9 Å². The summed E-state index contributed by atoms with van der Waals surface area (Å²) in [5, 5.41) is 6.85. The molecule has 2 nitrogen and oxygen atoms in total. The smallest absolute Gasteiger partial charge is 0.231 e. The van der Waals surface area contributed by atoms with Crippen molar-refractivity contribution in [2.75, 3.05) is 5.32 Å². The zero-order valence-corrected chi connectivity index (χ0v) is 12.2. The Balaban J connectivity index is 1.86. The van der Waals surface area contributed by atoms with E-state index >= 15 is 0 Å². The van der Waals surface area contributed by atoms with Crippen molar-refractivity contribution in [3.05, 3.63) is 77.3 Å². The van der Waals surface area contributed by atoms with E-state index in [0.717, 1.165) is 17.4 Å². The van der Waals surface area contributed by atoms with Gasteiger partial charge in [0.2, 0.25) is 0 Å². The third-order valence-electron chi connectivity index (χ3n) is 3.22.